The van der Waals surface area contributed by atoms with Gasteiger partial charge in [0, 0.05) is 5.56 Å². The van der Waals surface area contributed by atoms with Crippen LogP contribution in [0, 0.1) is 11.3 Å². The second kappa shape index (κ2) is 7.77. The standard InChI is InChI=1S/C17H27NO3Si/c1-17(2,22(3,4)20)11-7-13-21-16-9-6-5-8-14(16)15(19)10-12-18/h5-6,8-9,15,19-20H,7,10-11,13H2,1-4H3. The molecule has 1 atom stereocenters. The summed E-state index contributed by atoms with van der Waals surface area (Å²) in [6.45, 7) is 8.65. The molecule has 2 N–H and O–H groups in total. The van der Waals surface area contributed by atoms with E-state index < -0.39 is 14.4 Å². The molecule has 1 aromatic carbocycles. The first-order chi connectivity index (χ1) is 10.2. The van der Waals surface area contributed by atoms with Crippen LogP contribution in [0.1, 0.15) is 44.8 Å². The maximum atomic E-state index is 10.3. The molecular formula is C17H27NO3Si. The van der Waals surface area contributed by atoms with E-state index in [0.717, 1.165) is 12.8 Å². The number of para-hydroxylation sites is 1. The summed E-state index contributed by atoms with van der Waals surface area (Å²) in [6, 6.07) is 9.24. The third-order valence-electron chi connectivity index (χ3n) is 4.42. The van der Waals surface area contributed by atoms with E-state index in [-0.39, 0.29) is 11.5 Å². The van der Waals surface area contributed by atoms with Crippen molar-refractivity contribution in [2.24, 2.45) is 0 Å². The van der Waals surface area contributed by atoms with Crippen LogP contribution in [0.25, 0.3) is 0 Å². The lowest BCUT2D eigenvalue weighted by molar-refractivity contribution is 0.175. The highest BCUT2D eigenvalue weighted by molar-refractivity contribution is 6.72. The number of benzene rings is 1. The smallest absolute Gasteiger partial charge is 0.188 e. The molecule has 0 fully saturated rings. The zero-order chi connectivity index (χ0) is 16.8. The van der Waals surface area contributed by atoms with E-state index in [1.165, 1.54) is 0 Å². The lowest BCUT2D eigenvalue weighted by Gasteiger charge is -2.35. The number of nitrogens with zero attached hydrogens (tertiary/aromatic N) is 1. The minimum atomic E-state index is -2.19. The van der Waals surface area contributed by atoms with Gasteiger partial charge in [0.25, 0.3) is 0 Å². The second-order valence-corrected chi connectivity index (χ2v) is 11.3. The number of ether oxygens (including phenoxy) is 1. The molecule has 0 heterocycles. The van der Waals surface area contributed by atoms with Crippen molar-refractivity contribution in [1.82, 2.24) is 0 Å². The molecule has 0 spiro atoms. The average molecular weight is 321 g/mol. The molecule has 0 amide bonds. The number of aliphatic hydroxyl groups excluding tert-OH is 1. The van der Waals surface area contributed by atoms with E-state index in [9.17, 15) is 9.90 Å². The van der Waals surface area contributed by atoms with Crippen LogP contribution in [0.3, 0.4) is 0 Å². The van der Waals surface area contributed by atoms with Crippen LogP contribution in [0.2, 0.25) is 18.1 Å². The van der Waals surface area contributed by atoms with Crippen molar-refractivity contribution < 1.29 is 14.6 Å². The molecule has 0 aliphatic rings. The molecule has 22 heavy (non-hydrogen) atoms. The predicted molar refractivity (Wildman–Crippen MR) is 90.1 cm³/mol. The summed E-state index contributed by atoms with van der Waals surface area (Å²) < 4.78 is 5.78. The second-order valence-electron chi connectivity index (χ2n) is 6.81. The van der Waals surface area contributed by atoms with Gasteiger partial charge in [-0.15, -0.1) is 0 Å². The van der Waals surface area contributed by atoms with E-state index in [1.807, 2.05) is 37.4 Å². The van der Waals surface area contributed by atoms with E-state index in [4.69, 9.17) is 10.00 Å². The van der Waals surface area contributed by atoms with E-state index >= 15 is 0 Å². The van der Waals surface area contributed by atoms with Crippen molar-refractivity contribution in [3.63, 3.8) is 0 Å². The minimum absolute atomic E-state index is 0.0533. The number of aliphatic hydroxyl groups is 1. The molecule has 0 aliphatic carbocycles. The summed E-state index contributed by atoms with van der Waals surface area (Å²) in [5, 5.41) is 18.6. The Labute approximate surface area is 134 Å². The first-order valence-corrected chi connectivity index (χ1v) is 10.6. The van der Waals surface area contributed by atoms with Gasteiger partial charge in [-0.25, -0.2) is 0 Å². The zero-order valence-electron chi connectivity index (χ0n) is 14.0. The van der Waals surface area contributed by atoms with E-state index in [0.29, 0.717) is 17.9 Å². The van der Waals surface area contributed by atoms with Gasteiger partial charge in [-0.2, -0.15) is 5.26 Å². The van der Waals surface area contributed by atoms with Crippen molar-refractivity contribution in [1.29, 1.82) is 5.26 Å². The van der Waals surface area contributed by atoms with Crippen LogP contribution >= 0.6 is 0 Å². The summed E-state index contributed by atoms with van der Waals surface area (Å²) in [6.07, 6.45) is 0.970. The fourth-order valence-electron chi connectivity index (χ4n) is 2.09. The summed E-state index contributed by atoms with van der Waals surface area (Å²) in [5.41, 5.74) is 0.653. The Hall–Kier alpha value is -1.35. The lowest BCUT2D eigenvalue weighted by Crippen LogP contribution is -2.39. The summed E-state index contributed by atoms with van der Waals surface area (Å²) >= 11 is 0. The highest BCUT2D eigenvalue weighted by Gasteiger charge is 2.37. The van der Waals surface area contributed by atoms with Gasteiger partial charge >= 0.3 is 0 Å². The maximum absolute atomic E-state index is 10.3. The van der Waals surface area contributed by atoms with Gasteiger partial charge < -0.3 is 14.6 Å². The summed E-state index contributed by atoms with van der Waals surface area (Å²) in [5.74, 6) is 0.628. The molecular weight excluding hydrogens is 294 g/mol. The Kier molecular flexibility index (Phi) is 6.60. The lowest BCUT2D eigenvalue weighted by atomic mass is 10.1. The quantitative estimate of drug-likeness (QED) is 0.564. The Morgan fingerprint density at radius 1 is 1.32 bits per heavy atom. The largest absolute Gasteiger partial charge is 0.493 e. The van der Waals surface area contributed by atoms with Crippen LogP contribution in [0.15, 0.2) is 24.3 Å². The van der Waals surface area contributed by atoms with Crippen LogP contribution in [-0.2, 0) is 0 Å². The number of rotatable bonds is 8. The number of hydrogen-bond donors (Lipinski definition) is 2. The van der Waals surface area contributed by atoms with Gasteiger partial charge in [-0.05, 0) is 37.0 Å². The molecule has 0 aromatic heterocycles. The first kappa shape index (κ1) is 18.7. The molecule has 0 aliphatic heterocycles. The normalized spacial score (nSPS) is 13.5. The van der Waals surface area contributed by atoms with Gasteiger partial charge in [-0.3, -0.25) is 0 Å². The van der Waals surface area contributed by atoms with Crippen LogP contribution in [0.4, 0.5) is 0 Å². The molecule has 4 nitrogen and oxygen atoms in total. The number of nitriles is 1. The van der Waals surface area contributed by atoms with Gasteiger partial charge in [0.1, 0.15) is 5.75 Å². The summed E-state index contributed by atoms with van der Waals surface area (Å²) in [4.78, 5) is 10.3. The van der Waals surface area contributed by atoms with Gasteiger partial charge in [0.05, 0.1) is 25.2 Å². The molecule has 1 unspecified atom stereocenters. The Bertz CT molecular complexity index is 517. The van der Waals surface area contributed by atoms with Crippen LogP contribution in [-0.4, -0.2) is 24.8 Å². The van der Waals surface area contributed by atoms with Crippen molar-refractivity contribution in [3.05, 3.63) is 29.8 Å². The van der Waals surface area contributed by atoms with Gasteiger partial charge in [0.2, 0.25) is 0 Å². The van der Waals surface area contributed by atoms with Gasteiger partial charge in [0.15, 0.2) is 8.32 Å². The Morgan fingerprint density at radius 3 is 2.55 bits per heavy atom. The highest BCUT2D eigenvalue weighted by atomic mass is 28.4. The number of hydrogen-bond acceptors (Lipinski definition) is 4. The van der Waals surface area contributed by atoms with Crippen LogP contribution < -0.4 is 4.74 Å². The molecule has 122 valence electrons. The third-order valence-corrected chi connectivity index (χ3v) is 7.98. The average Bonchev–Trinajstić information content (AvgIpc) is 2.43. The maximum Gasteiger partial charge on any atom is 0.188 e. The topological polar surface area (TPSA) is 73.5 Å². The SMILES string of the molecule is CC(C)(CCCOc1ccccc1C(O)CC#N)[Si](C)(C)O. The molecule has 0 saturated carbocycles. The molecule has 0 radical (unpaired) electrons. The fourth-order valence-corrected chi connectivity index (χ4v) is 2.87. The molecule has 1 rings (SSSR count). The van der Waals surface area contributed by atoms with E-state index in [1.54, 1.807) is 6.07 Å². The van der Waals surface area contributed by atoms with Crippen molar-refractivity contribution >= 4 is 8.32 Å². The van der Waals surface area contributed by atoms with Crippen molar-refractivity contribution in [3.8, 4) is 11.8 Å². The van der Waals surface area contributed by atoms with Crippen molar-refractivity contribution in [2.45, 2.75) is 57.3 Å². The molecule has 0 bridgehead atoms. The highest BCUT2D eigenvalue weighted by Crippen LogP contribution is 2.39. The minimum Gasteiger partial charge on any atom is -0.493 e. The predicted octanol–water partition coefficient (Wildman–Crippen LogP) is 3.77. The summed E-state index contributed by atoms with van der Waals surface area (Å²) in [7, 11) is -2.19. The fraction of sp³-hybridized carbons (Fsp3) is 0.588. The molecule has 1 aromatic rings. The Morgan fingerprint density at radius 2 is 1.95 bits per heavy atom. The molecule has 0 saturated heterocycles. The van der Waals surface area contributed by atoms with Crippen molar-refractivity contribution in [2.75, 3.05) is 6.61 Å². The first-order valence-electron chi connectivity index (χ1n) is 7.68. The molecule has 5 heteroatoms. The van der Waals surface area contributed by atoms with E-state index in [2.05, 4.69) is 13.8 Å². The zero-order valence-corrected chi connectivity index (χ0v) is 15.0. The monoisotopic (exact) mass is 321 g/mol. The third kappa shape index (κ3) is 5.13. The Balaban J connectivity index is 2.58. The van der Waals surface area contributed by atoms with Crippen LogP contribution in [0.5, 0.6) is 5.75 Å². The van der Waals surface area contributed by atoms with Gasteiger partial charge in [-0.1, -0.05) is 32.0 Å².